The number of fused-ring (bicyclic) bond motifs is 2. The Kier molecular flexibility index (Phi) is 4.27. The number of carbonyl (C=O) groups is 1. The lowest BCUT2D eigenvalue weighted by Gasteiger charge is -2.19. The van der Waals surface area contributed by atoms with Gasteiger partial charge in [-0.1, -0.05) is 6.07 Å². The Morgan fingerprint density at radius 3 is 2.90 bits per heavy atom. The molecule has 146 valence electrons. The lowest BCUT2D eigenvalue weighted by molar-refractivity contribution is 0.0790. The van der Waals surface area contributed by atoms with E-state index in [4.69, 9.17) is 4.98 Å². The molecule has 1 atom stereocenters. The Morgan fingerprint density at radius 2 is 2.03 bits per heavy atom. The first-order valence-corrected chi connectivity index (χ1v) is 10.1. The summed E-state index contributed by atoms with van der Waals surface area (Å²) in [6.07, 6.45) is 6.35. The quantitative estimate of drug-likeness (QED) is 0.530. The summed E-state index contributed by atoms with van der Waals surface area (Å²) in [5.41, 5.74) is 3.65. The topological polar surface area (TPSA) is 63.9 Å². The third-order valence-electron chi connectivity index (χ3n) is 5.73. The molecule has 1 amide bonds. The maximum absolute atomic E-state index is 13.1. The van der Waals surface area contributed by atoms with E-state index >= 15 is 0 Å². The first-order valence-electron chi connectivity index (χ1n) is 10.1. The summed E-state index contributed by atoms with van der Waals surface area (Å²) in [6.45, 7) is 5.76. The van der Waals surface area contributed by atoms with Crippen LogP contribution >= 0.6 is 0 Å². The molecule has 1 aliphatic rings. The molecule has 1 aromatic carbocycles. The van der Waals surface area contributed by atoms with E-state index < -0.39 is 0 Å². The summed E-state index contributed by atoms with van der Waals surface area (Å²) >= 11 is 0. The third-order valence-corrected chi connectivity index (χ3v) is 5.73. The number of hydrogen-bond donors (Lipinski definition) is 0. The molecule has 0 spiro atoms. The van der Waals surface area contributed by atoms with Crippen LogP contribution in [0.4, 0.5) is 0 Å². The molecule has 0 bridgehead atoms. The van der Waals surface area contributed by atoms with Gasteiger partial charge in [-0.25, -0.2) is 4.98 Å². The van der Waals surface area contributed by atoms with Gasteiger partial charge in [0, 0.05) is 48.4 Å². The minimum absolute atomic E-state index is 0.0760. The Balaban J connectivity index is 1.43. The molecule has 0 radical (unpaired) electrons. The fourth-order valence-corrected chi connectivity index (χ4v) is 4.34. The van der Waals surface area contributed by atoms with Gasteiger partial charge in [0.05, 0.1) is 22.7 Å². The minimum Gasteiger partial charge on any atom is -0.338 e. The molecular weight excluding hydrogens is 362 g/mol. The largest absolute Gasteiger partial charge is 0.338 e. The molecule has 1 aliphatic heterocycles. The van der Waals surface area contributed by atoms with Gasteiger partial charge < -0.3 is 9.47 Å². The van der Waals surface area contributed by atoms with Gasteiger partial charge in [-0.15, -0.1) is 0 Å². The molecular formula is C23H23N5O. The van der Waals surface area contributed by atoms with E-state index in [9.17, 15) is 4.79 Å². The van der Waals surface area contributed by atoms with Crippen molar-refractivity contribution in [3.63, 3.8) is 0 Å². The van der Waals surface area contributed by atoms with Crippen LogP contribution < -0.4 is 0 Å². The molecule has 6 heteroatoms. The highest BCUT2D eigenvalue weighted by molar-refractivity contribution is 5.98. The van der Waals surface area contributed by atoms with Crippen molar-refractivity contribution >= 4 is 27.8 Å². The number of hydrogen-bond acceptors (Lipinski definition) is 4. The molecule has 3 aromatic heterocycles. The number of imidazole rings is 1. The molecule has 4 aromatic rings. The van der Waals surface area contributed by atoms with Gasteiger partial charge in [0.1, 0.15) is 5.82 Å². The van der Waals surface area contributed by atoms with Gasteiger partial charge in [-0.2, -0.15) is 0 Å². The van der Waals surface area contributed by atoms with E-state index in [1.807, 2.05) is 47.5 Å². The summed E-state index contributed by atoms with van der Waals surface area (Å²) in [5.74, 6) is 1.36. The monoisotopic (exact) mass is 385 g/mol. The molecule has 4 heterocycles. The molecule has 0 saturated carbocycles. The van der Waals surface area contributed by atoms with Crippen molar-refractivity contribution in [3.05, 3.63) is 66.4 Å². The zero-order valence-electron chi connectivity index (χ0n) is 16.6. The average Bonchev–Trinajstić information content (AvgIpc) is 3.37. The van der Waals surface area contributed by atoms with Gasteiger partial charge in [0.25, 0.3) is 5.91 Å². The summed E-state index contributed by atoms with van der Waals surface area (Å²) in [4.78, 5) is 28.6. The second-order valence-corrected chi connectivity index (χ2v) is 7.95. The number of aromatic nitrogens is 4. The molecule has 1 unspecified atom stereocenters. The fraction of sp³-hybridized carbons (Fsp3) is 0.304. The number of likely N-dealkylation sites (tertiary alicyclic amines) is 1. The Morgan fingerprint density at radius 1 is 1.14 bits per heavy atom. The second kappa shape index (κ2) is 6.95. The zero-order chi connectivity index (χ0) is 20.0. The maximum Gasteiger partial charge on any atom is 0.253 e. The van der Waals surface area contributed by atoms with Gasteiger partial charge in [-0.3, -0.25) is 14.8 Å². The Labute approximate surface area is 169 Å². The van der Waals surface area contributed by atoms with Gasteiger partial charge in [0.2, 0.25) is 0 Å². The summed E-state index contributed by atoms with van der Waals surface area (Å²) in [5, 5.41) is 0.989. The van der Waals surface area contributed by atoms with Crippen LogP contribution in [-0.4, -0.2) is 43.4 Å². The van der Waals surface area contributed by atoms with Crippen LogP contribution in [0.5, 0.6) is 0 Å². The third kappa shape index (κ3) is 3.05. The van der Waals surface area contributed by atoms with Crippen molar-refractivity contribution < 1.29 is 4.79 Å². The highest BCUT2D eigenvalue weighted by Crippen LogP contribution is 2.32. The number of carbonyl (C=O) groups excluding carboxylic acids is 1. The molecule has 1 fully saturated rings. The summed E-state index contributed by atoms with van der Waals surface area (Å²) < 4.78 is 2.27. The van der Waals surface area contributed by atoms with Gasteiger partial charge in [0.15, 0.2) is 0 Å². The standard InChI is InChI=1S/C23H23N5O/c1-15(2)28-21-13-24-10-7-20(21)26-22(28)18-8-11-27(14-18)23(29)17-5-6-19-16(12-17)4-3-9-25-19/h3-7,9-10,12-13,15,18H,8,11,14H2,1-2H3. The SMILES string of the molecule is CC(C)n1c(C2CCN(C(=O)c3ccc4ncccc4c3)C2)nc2ccncc21. The fourth-order valence-electron chi connectivity index (χ4n) is 4.34. The smallest absolute Gasteiger partial charge is 0.253 e. The van der Waals surface area contributed by atoms with Crippen molar-refractivity contribution in [2.45, 2.75) is 32.2 Å². The zero-order valence-corrected chi connectivity index (χ0v) is 16.6. The van der Waals surface area contributed by atoms with Crippen molar-refractivity contribution in [1.82, 2.24) is 24.4 Å². The maximum atomic E-state index is 13.1. The van der Waals surface area contributed by atoms with E-state index in [0.29, 0.717) is 12.1 Å². The first kappa shape index (κ1) is 17.8. The number of amides is 1. The minimum atomic E-state index is 0.0760. The van der Waals surface area contributed by atoms with Crippen LogP contribution in [0.1, 0.15) is 48.4 Å². The Bertz CT molecular complexity index is 1210. The van der Waals surface area contributed by atoms with Crippen molar-refractivity contribution in [2.75, 3.05) is 13.1 Å². The predicted octanol–water partition coefficient (Wildman–Crippen LogP) is 4.19. The van der Waals surface area contributed by atoms with E-state index in [0.717, 1.165) is 40.7 Å². The lowest BCUT2D eigenvalue weighted by atomic mass is 10.1. The predicted molar refractivity (Wildman–Crippen MR) is 113 cm³/mol. The van der Waals surface area contributed by atoms with E-state index in [-0.39, 0.29) is 17.9 Å². The molecule has 0 N–H and O–H groups in total. The molecule has 6 nitrogen and oxygen atoms in total. The van der Waals surface area contributed by atoms with Crippen molar-refractivity contribution in [3.8, 4) is 0 Å². The highest BCUT2D eigenvalue weighted by atomic mass is 16.2. The first-order chi connectivity index (χ1) is 14.1. The molecule has 5 rings (SSSR count). The van der Waals surface area contributed by atoms with E-state index in [1.54, 1.807) is 12.4 Å². The van der Waals surface area contributed by atoms with Crippen LogP contribution in [-0.2, 0) is 0 Å². The lowest BCUT2D eigenvalue weighted by Crippen LogP contribution is -2.28. The normalized spacial score (nSPS) is 16.9. The molecule has 1 saturated heterocycles. The average molecular weight is 385 g/mol. The van der Waals surface area contributed by atoms with E-state index in [1.165, 1.54) is 0 Å². The van der Waals surface area contributed by atoms with Gasteiger partial charge in [-0.05, 0) is 50.6 Å². The van der Waals surface area contributed by atoms with Crippen LogP contribution in [0.15, 0.2) is 55.0 Å². The van der Waals surface area contributed by atoms with Crippen LogP contribution in [0.25, 0.3) is 21.9 Å². The van der Waals surface area contributed by atoms with Crippen LogP contribution in [0.2, 0.25) is 0 Å². The summed E-state index contributed by atoms with van der Waals surface area (Å²) in [7, 11) is 0. The van der Waals surface area contributed by atoms with E-state index in [2.05, 4.69) is 28.4 Å². The molecule has 0 aliphatic carbocycles. The number of pyridine rings is 2. The summed E-state index contributed by atoms with van der Waals surface area (Å²) in [6, 6.07) is 11.9. The highest BCUT2D eigenvalue weighted by Gasteiger charge is 2.32. The second-order valence-electron chi connectivity index (χ2n) is 7.95. The Hall–Kier alpha value is -3.28. The van der Waals surface area contributed by atoms with Crippen molar-refractivity contribution in [1.29, 1.82) is 0 Å². The number of benzene rings is 1. The van der Waals surface area contributed by atoms with Crippen LogP contribution in [0.3, 0.4) is 0 Å². The van der Waals surface area contributed by atoms with Crippen LogP contribution in [0, 0.1) is 0 Å². The van der Waals surface area contributed by atoms with Gasteiger partial charge >= 0.3 is 0 Å². The van der Waals surface area contributed by atoms with Crippen molar-refractivity contribution in [2.24, 2.45) is 0 Å². The number of nitrogens with zero attached hydrogens (tertiary/aromatic N) is 5. The number of rotatable bonds is 3. The molecule has 29 heavy (non-hydrogen) atoms.